The Morgan fingerprint density at radius 1 is 0.971 bits per heavy atom. The van der Waals surface area contributed by atoms with E-state index in [4.69, 9.17) is 9.15 Å². The van der Waals surface area contributed by atoms with Crippen LogP contribution in [0.15, 0.2) is 71.1 Å². The minimum absolute atomic E-state index is 0.0141. The van der Waals surface area contributed by atoms with E-state index in [1.54, 1.807) is 44.2 Å². The molecule has 0 bridgehead atoms. The van der Waals surface area contributed by atoms with Gasteiger partial charge < -0.3 is 19.8 Å². The van der Waals surface area contributed by atoms with E-state index in [0.717, 1.165) is 10.9 Å². The third kappa shape index (κ3) is 5.04. The molecule has 0 unspecified atom stereocenters. The largest absolute Gasteiger partial charge is 0.484 e. The maximum atomic E-state index is 12.6. The highest BCUT2D eigenvalue weighted by molar-refractivity contribution is 6.05. The summed E-state index contributed by atoms with van der Waals surface area (Å²) in [5, 5.41) is 17.3. The molecule has 0 saturated carbocycles. The van der Waals surface area contributed by atoms with Crippen molar-refractivity contribution in [3.8, 4) is 5.75 Å². The third-order valence-electron chi connectivity index (χ3n) is 5.14. The number of nitro benzene ring substituents is 1. The van der Waals surface area contributed by atoms with Gasteiger partial charge in [0.2, 0.25) is 0 Å². The second-order valence-corrected chi connectivity index (χ2v) is 7.67. The van der Waals surface area contributed by atoms with E-state index in [9.17, 15) is 19.7 Å². The van der Waals surface area contributed by atoms with Gasteiger partial charge in [-0.1, -0.05) is 18.2 Å². The van der Waals surface area contributed by atoms with Crippen LogP contribution in [0.4, 0.5) is 17.1 Å². The molecule has 172 valence electrons. The van der Waals surface area contributed by atoms with Crippen LogP contribution in [0.5, 0.6) is 5.75 Å². The molecule has 0 spiro atoms. The van der Waals surface area contributed by atoms with Crippen molar-refractivity contribution in [2.45, 2.75) is 13.8 Å². The number of hydrogen-bond donors (Lipinski definition) is 2. The molecule has 1 aromatic heterocycles. The van der Waals surface area contributed by atoms with Crippen molar-refractivity contribution in [3.05, 3.63) is 93.7 Å². The smallest absolute Gasteiger partial charge is 0.291 e. The first-order chi connectivity index (χ1) is 16.3. The molecule has 0 aliphatic heterocycles. The van der Waals surface area contributed by atoms with Crippen LogP contribution in [0, 0.1) is 24.0 Å². The number of carbonyl (C=O) groups excluding carboxylic acids is 2. The van der Waals surface area contributed by atoms with Crippen molar-refractivity contribution in [3.63, 3.8) is 0 Å². The molecule has 2 amide bonds. The van der Waals surface area contributed by atoms with Crippen molar-refractivity contribution in [2.75, 3.05) is 17.2 Å². The number of rotatable bonds is 7. The zero-order chi connectivity index (χ0) is 24.2. The number of amides is 2. The molecule has 3 aromatic carbocycles. The number of fused-ring (bicyclic) bond motifs is 1. The predicted molar refractivity (Wildman–Crippen MR) is 127 cm³/mol. The van der Waals surface area contributed by atoms with Crippen LogP contribution in [0.3, 0.4) is 0 Å². The van der Waals surface area contributed by atoms with E-state index >= 15 is 0 Å². The standard InChI is InChI=1S/C25H21N3O6/c1-15-11-18(26-24(29)14-33-19-8-10-21(28(31)32)16(2)12-19)7-9-20(15)27-25(30)23-13-17-5-3-4-6-22(17)34-23/h3-13H,14H2,1-2H3,(H,26,29)(H,27,30). The average Bonchev–Trinajstić information content (AvgIpc) is 3.24. The zero-order valence-corrected chi connectivity index (χ0v) is 18.5. The summed E-state index contributed by atoms with van der Waals surface area (Å²) in [6.07, 6.45) is 0. The van der Waals surface area contributed by atoms with Gasteiger partial charge in [-0.15, -0.1) is 0 Å². The number of para-hydroxylation sites is 1. The molecule has 2 N–H and O–H groups in total. The number of benzene rings is 3. The predicted octanol–water partition coefficient (Wildman–Crippen LogP) is 5.23. The molecule has 0 radical (unpaired) electrons. The summed E-state index contributed by atoms with van der Waals surface area (Å²) in [5.74, 6) is -0.202. The van der Waals surface area contributed by atoms with Gasteiger partial charge in [0.05, 0.1) is 4.92 Å². The SMILES string of the molecule is Cc1cc(NC(=O)COc2ccc([N+](=O)[O-])c(C)c2)ccc1NC(=O)c1cc2ccccc2o1. The number of nitro groups is 1. The minimum atomic E-state index is -0.475. The van der Waals surface area contributed by atoms with Gasteiger partial charge in [-0.25, -0.2) is 0 Å². The van der Waals surface area contributed by atoms with Gasteiger partial charge in [-0.05, 0) is 61.9 Å². The van der Waals surface area contributed by atoms with E-state index in [1.165, 1.54) is 18.2 Å². The zero-order valence-electron chi connectivity index (χ0n) is 18.5. The first-order valence-electron chi connectivity index (χ1n) is 10.4. The summed E-state index contributed by atoms with van der Waals surface area (Å²) < 4.78 is 11.0. The van der Waals surface area contributed by atoms with E-state index in [1.807, 2.05) is 18.2 Å². The Kier molecular flexibility index (Phi) is 6.26. The summed E-state index contributed by atoms with van der Waals surface area (Å²) in [5.41, 5.74) is 2.93. The Morgan fingerprint density at radius 2 is 1.76 bits per heavy atom. The molecule has 0 saturated heterocycles. The van der Waals surface area contributed by atoms with Crippen molar-refractivity contribution < 1.29 is 23.7 Å². The lowest BCUT2D eigenvalue weighted by Crippen LogP contribution is -2.20. The van der Waals surface area contributed by atoms with Crippen molar-refractivity contribution in [2.24, 2.45) is 0 Å². The molecule has 9 nitrogen and oxygen atoms in total. The van der Waals surface area contributed by atoms with E-state index in [-0.39, 0.29) is 24.0 Å². The van der Waals surface area contributed by atoms with Crippen molar-refractivity contribution in [1.82, 2.24) is 0 Å². The molecule has 0 atom stereocenters. The highest BCUT2D eigenvalue weighted by atomic mass is 16.6. The third-order valence-corrected chi connectivity index (χ3v) is 5.14. The Labute approximate surface area is 194 Å². The number of carbonyl (C=O) groups is 2. The lowest BCUT2D eigenvalue weighted by Gasteiger charge is -2.11. The summed E-state index contributed by atoms with van der Waals surface area (Å²) >= 11 is 0. The first-order valence-corrected chi connectivity index (χ1v) is 10.4. The van der Waals surface area contributed by atoms with Gasteiger partial charge in [0.1, 0.15) is 11.3 Å². The minimum Gasteiger partial charge on any atom is -0.484 e. The van der Waals surface area contributed by atoms with Crippen molar-refractivity contribution in [1.29, 1.82) is 0 Å². The summed E-state index contributed by atoms with van der Waals surface area (Å²) in [7, 11) is 0. The molecule has 9 heteroatoms. The van der Waals surface area contributed by atoms with E-state index < -0.39 is 10.8 Å². The second kappa shape index (κ2) is 9.45. The van der Waals surface area contributed by atoms with Gasteiger partial charge in [0.15, 0.2) is 12.4 Å². The lowest BCUT2D eigenvalue weighted by molar-refractivity contribution is -0.385. The number of nitrogens with zero attached hydrogens (tertiary/aromatic N) is 1. The normalized spacial score (nSPS) is 10.6. The highest BCUT2D eigenvalue weighted by Gasteiger charge is 2.14. The van der Waals surface area contributed by atoms with Gasteiger partial charge in [-0.2, -0.15) is 0 Å². The monoisotopic (exact) mass is 459 g/mol. The van der Waals surface area contributed by atoms with Crippen LogP contribution >= 0.6 is 0 Å². The molecule has 0 aliphatic carbocycles. The first kappa shape index (κ1) is 22.5. The quantitative estimate of drug-likeness (QED) is 0.288. The van der Waals surface area contributed by atoms with Gasteiger partial charge in [0, 0.05) is 28.4 Å². The van der Waals surface area contributed by atoms with Gasteiger partial charge in [0.25, 0.3) is 17.5 Å². The fourth-order valence-electron chi connectivity index (χ4n) is 3.43. The number of anilines is 2. The number of nitrogens with one attached hydrogen (secondary N) is 2. The summed E-state index contributed by atoms with van der Waals surface area (Å²) in [6.45, 7) is 3.14. The Hall–Kier alpha value is -4.66. The van der Waals surface area contributed by atoms with Crippen LogP contribution in [0.2, 0.25) is 0 Å². The van der Waals surface area contributed by atoms with E-state index in [0.29, 0.717) is 28.3 Å². The highest BCUT2D eigenvalue weighted by Crippen LogP contribution is 2.24. The molecule has 1 heterocycles. The Bertz CT molecular complexity index is 1380. The lowest BCUT2D eigenvalue weighted by atomic mass is 10.1. The van der Waals surface area contributed by atoms with Crippen LogP contribution in [0.1, 0.15) is 21.7 Å². The number of aryl methyl sites for hydroxylation is 2. The molecule has 0 fully saturated rings. The van der Waals surface area contributed by atoms with Crippen molar-refractivity contribution >= 4 is 39.8 Å². The Morgan fingerprint density at radius 3 is 2.47 bits per heavy atom. The maximum Gasteiger partial charge on any atom is 0.291 e. The molecular weight excluding hydrogens is 438 g/mol. The van der Waals surface area contributed by atoms with Crippen LogP contribution in [-0.2, 0) is 4.79 Å². The molecule has 34 heavy (non-hydrogen) atoms. The van der Waals surface area contributed by atoms with Gasteiger partial charge in [-0.3, -0.25) is 19.7 Å². The Balaban J connectivity index is 1.35. The number of furan rings is 1. The van der Waals surface area contributed by atoms with Crippen LogP contribution in [0.25, 0.3) is 11.0 Å². The summed E-state index contributed by atoms with van der Waals surface area (Å²) in [4.78, 5) is 35.3. The van der Waals surface area contributed by atoms with E-state index in [2.05, 4.69) is 10.6 Å². The van der Waals surface area contributed by atoms with Crippen LogP contribution in [-0.4, -0.2) is 23.3 Å². The fourth-order valence-corrected chi connectivity index (χ4v) is 3.43. The summed E-state index contributed by atoms with van der Waals surface area (Å²) in [6, 6.07) is 18.4. The molecule has 0 aliphatic rings. The number of hydrogen-bond acceptors (Lipinski definition) is 6. The molecular formula is C25H21N3O6. The fraction of sp³-hybridized carbons (Fsp3) is 0.120. The molecule has 4 rings (SSSR count). The topological polar surface area (TPSA) is 124 Å². The van der Waals surface area contributed by atoms with Gasteiger partial charge >= 0.3 is 0 Å². The maximum absolute atomic E-state index is 12.6. The number of ether oxygens (including phenoxy) is 1. The molecule has 4 aromatic rings. The second-order valence-electron chi connectivity index (χ2n) is 7.67. The average molecular weight is 459 g/mol. The van der Waals surface area contributed by atoms with Crippen LogP contribution < -0.4 is 15.4 Å².